The minimum atomic E-state index is -3.10. The van der Waals surface area contributed by atoms with E-state index >= 15 is 0 Å². The maximum absolute atomic E-state index is 12.3. The molecule has 0 aromatic heterocycles. The predicted octanol–water partition coefficient (Wildman–Crippen LogP) is 1.51. The molecule has 0 bridgehead atoms. The van der Waals surface area contributed by atoms with Crippen molar-refractivity contribution in [2.24, 2.45) is 11.7 Å². The van der Waals surface area contributed by atoms with Gasteiger partial charge in [-0.3, -0.25) is 4.79 Å². The summed E-state index contributed by atoms with van der Waals surface area (Å²) >= 11 is 3.40. The van der Waals surface area contributed by atoms with Gasteiger partial charge in [0.25, 0.3) is 0 Å². The summed E-state index contributed by atoms with van der Waals surface area (Å²) in [5, 5.41) is 2.83. The zero-order valence-electron chi connectivity index (χ0n) is 12.9. The molecular weight excluding hydrogens is 368 g/mol. The molecule has 0 aliphatic carbocycles. The molecule has 0 spiro atoms. The van der Waals surface area contributed by atoms with E-state index in [0.29, 0.717) is 19.4 Å². The first-order valence-corrected chi connectivity index (χ1v) is 9.99. The van der Waals surface area contributed by atoms with Crippen LogP contribution in [-0.4, -0.2) is 38.9 Å². The molecule has 3 N–H and O–H groups in total. The number of carbonyl (C=O) groups is 1. The van der Waals surface area contributed by atoms with Crippen molar-refractivity contribution in [3.8, 4) is 0 Å². The number of nitrogens with two attached hydrogens (primary N) is 1. The minimum Gasteiger partial charge on any atom is -0.352 e. The van der Waals surface area contributed by atoms with Crippen LogP contribution in [-0.2, 0) is 21.1 Å². The van der Waals surface area contributed by atoms with Crippen LogP contribution in [0.15, 0.2) is 28.7 Å². The second-order valence-corrected chi connectivity index (χ2v) is 8.77. The SMILES string of the molecule is C[C@@H](CN)NC(=O)C(CCS(C)(=O)=O)Cc1cccc(Br)c1. The number of hydrogen-bond acceptors (Lipinski definition) is 4. The Balaban J connectivity index is 2.83. The van der Waals surface area contributed by atoms with Crippen molar-refractivity contribution in [2.75, 3.05) is 18.6 Å². The smallest absolute Gasteiger partial charge is 0.223 e. The molecule has 0 aliphatic heterocycles. The fraction of sp³-hybridized carbons (Fsp3) is 0.533. The number of carbonyl (C=O) groups excluding carboxylic acids is 1. The number of halogens is 1. The molecule has 0 saturated heterocycles. The predicted molar refractivity (Wildman–Crippen MR) is 92.3 cm³/mol. The average Bonchev–Trinajstić information content (AvgIpc) is 2.42. The summed E-state index contributed by atoms with van der Waals surface area (Å²) in [5.41, 5.74) is 6.51. The molecule has 22 heavy (non-hydrogen) atoms. The average molecular weight is 391 g/mol. The molecule has 7 heteroatoms. The van der Waals surface area contributed by atoms with E-state index in [-0.39, 0.29) is 17.7 Å². The summed E-state index contributed by atoms with van der Waals surface area (Å²) < 4.78 is 23.7. The van der Waals surface area contributed by atoms with Crippen molar-refractivity contribution in [3.63, 3.8) is 0 Å². The van der Waals surface area contributed by atoms with Gasteiger partial charge in [-0.2, -0.15) is 0 Å². The second-order valence-electron chi connectivity index (χ2n) is 5.59. The molecule has 1 amide bonds. The van der Waals surface area contributed by atoms with Crippen LogP contribution in [0.4, 0.5) is 0 Å². The van der Waals surface area contributed by atoms with Crippen molar-refractivity contribution in [3.05, 3.63) is 34.3 Å². The third-order valence-corrected chi connectivity index (χ3v) is 4.79. The van der Waals surface area contributed by atoms with Crippen LogP contribution in [0.1, 0.15) is 18.9 Å². The summed E-state index contributed by atoms with van der Waals surface area (Å²) in [6.07, 6.45) is 1.98. The Morgan fingerprint density at radius 3 is 2.64 bits per heavy atom. The van der Waals surface area contributed by atoms with Crippen molar-refractivity contribution in [2.45, 2.75) is 25.8 Å². The maximum Gasteiger partial charge on any atom is 0.223 e. The van der Waals surface area contributed by atoms with E-state index in [2.05, 4.69) is 21.2 Å². The Hall–Kier alpha value is -0.920. The summed E-state index contributed by atoms with van der Waals surface area (Å²) in [7, 11) is -3.10. The molecule has 1 rings (SSSR count). The number of hydrogen-bond donors (Lipinski definition) is 2. The molecule has 1 aromatic carbocycles. The number of amides is 1. The van der Waals surface area contributed by atoms with Gasteiger partial charge < -0.3 is 11.1 Å². The van der Waals surface area contributed by atoms with E-state index in [0.717, 1.165) is 10.0 Å². The quantitative estimate of drug-likeness (QED) is 0.703. The summed E-state index contributed by atoms with van der Waals surface area (Å²) in [5.74, 6) is -0.546. The maximum atomic E-state index is 12.3. The van der Waals surface area contributed by atoms with E-state index in [1.807, 2.05) is 31.2 Å². The Kier molecular flexibility index (Phi) is 7.52. The molecule has 0 heterocycles. The van der Waals surface area contributed by atoms with Crippen molar-refractivity contribution in [1.82, 2.24) is 5.32 Å². The van der Waals surface area contributed by atoms with Gasteiger partial charge in [-0.05, 0) is 37.5 Å². The lowest BCUT2D eigenvalue weighted by Crippen LogP contribution is -2.42. The van der Waals surface area contributed by atoms with Crippen LogP contribution in [0, 0.1) is 5.92 Å². The van der Waals surface area contributed by atoms with Crippen LogP contribution < -0.4 is 11.1 Å². The zero-order valence-corrected chi connectivity index (χ0v) is 15.3. The lowest BCUT2D eigenvalue weighted by molar-refractivity contribution is -0.125. The summed E-state index contributed by atoms with van der Waals surface area (Å²) in [6, 6.07) is 7.54. The van der Waals surface area contributed by atoms with Gasteiger partial charge >= 0.3 is 0 Å². The fourth-order valence-corrected chi connectivity index (χ4v) is 3.21. The third-order valence-electron chi connectivity index (χ3n) is 3.32. The molecule has 124 valence electrons. The van der Waals surface area contributed by atoms with Gasteiger partial charge in [-0.15, -0.1) is 0 Å². The van der Waals surface area contributed by atoms with Crippen molar-refractivity contribution < 1.29 is 13.2 Å². The van der Waals surface area contributed by atoms with Crippen LogP contribution in [0.2, 0.25) is 0 Å². The summed E-state index contributed by atoms with van der Waals surface area (Å²) in [6.45, 7) is 2.17. The van der Waals surface area contributed by atoms with Gasteiger partial charge in [0.15, 0.2) is 0 Å². The van der Waals surface area contributed by atoms with Gasteiger partial charge in [0.05, 0.1) is 5.75 Å². The number of rotatable bonds is 8. The van der Waals surface area contributed by atoms with Crippen LogP contribution in [0.5, 0.6) is 0 Å². The normalized spacial score (nSPS) is 14.4. The largest absolute Gasteiger partial charge is 0.352 e. The molecule has 0 fully saturated rings. The van der Waals surface area contributed by atoms with E-state index in [9.17, 15) is 13.2 Å². The number of sulfone groups is 1. The third kappa shape index (κ3) is 7.38. The second kappa shape index (κ2) is 8.64. The van der Waals surface area contributed by atoms with E-state index in [4.69, 9.17) is 5.73 Å². The molecule has 0 saturated carbocycles. The highest BCUT2D eigenvalue weighted by Gasteiger charge is 2.22. The van der Waals surface area contributed by atoms with Crippen LogP contribution in [0.3, 0.4) is 0 Å². The first-order chi connectivity index (χ1) is 10.2. The molecule has 1 aromatic rings. The molecule has 0 radical (unpaired) electrons. The van der Waals surface area contributed by atoms with Gasteiger partial charge in [0, 0.05) is 29.2 Å². The highest BCUT2D eigenvalue weighted by atomic mass is 79.9. The molecule has 1 unspecified atom stereocenters. The Labute approximate surface area is 140 Å². The minimum absolute atomic E-state index is 0.00387. The molecule has 0 aliphatic rings. The topological polar surface area (TPSA) is 89.3 Å². The van der Waals surface area contributed by atoms with Gasteiger partial charge in [0.2, 0.25) is 5.91 Å². The van der Waals surface area contributed by atoms with E-state index in [1.54, 1.807) is 0 Å². The first kappa shape index (κ1) is 19.1. The fourth-order valence-electron chi connectivity index (χ4n) is 2.05. The lowest BCUT2D eigenvalue weighted by atomic mass is 9.95. The molecular formula is C15H23BrN2O3S. The monoisotopic (exact) mass is 390 g/mol. The Morgan fingerprint density at radius 1 is 1.41 bits per heavy atom. The number of nitrogens with one attached hydrogen (secondary N) is 1. The van der Waals surface area contributed by atoms with E-state index < -0.39 is 15.8 Å². The van der Waals surface area contributed by atoms with Gasteiger partial charge in [0.1, 0.15) is 9.84 Å². The Bertz CT molecular complexity index is 605. The number of benzene rings is 1. The zero-order chi connectivity index (χ0) is 16.8. The molecule has 5 nitrogen and oxygen atoms in total. The van der Waals surface area contributed by atoms with Gasteiger partial charge in [-0.1, -0.05) is 28.1 Å². The lowest BCUT2D eigenvalue weighted by Gasteiger charge is -2.19. The van der Waals surface area contributed by atoms with Crippen molar-refractivity contribution in [1.29, 1.82) is 0 Å². The van der Waals surface area contributed by atoms with Gasteiger partial charge in [-0.25, -0.2) is 8.42 Å². The first-order valence-electron chi connectivity index (χ1n) is 7.14. The van der Waals surface area contributed by atoms with E-state index in [1.165, 1.54) is 6.26 Å². The van der Waals surface area contributed by atoms with Crippen LogP contribution in [0.25, 0.3) is 0 Å². The highest BCUT2D eigenvalue weighted by molar-refractivity contribution is 9.10. The van der Waals surface area contributed by atoms with Crippen LogP contribution >= 0.6 is 15.9 Å². The Morgan fingerprint density at radius 2 is 2.09 bits per heavy atom. The summed E-state index contributed by atoms with van der Waals surface area (Å²) in [4.78, 5) is 12.3. The standard InChI is InChI=1S/C15H23BrN2O3S/c1-11(10-17)18-15(19)13(6-7-22(2,20)21)8-12-4-3-5-14(16)9-12/h3-5,9,11,13H,6-8,10,17H2,1-2H3,(H,18,19)/t11-,13?/m0/s1. The van der Waals surface area contributed by atoms with Crippen molar-refractivity contribution >= 4 is 31.7 Å². The highest BCUT2D eigenvalue weighted by Crippen LogP contribution is 2.18. The molecule has 2 atom stereocenters.